The van der Waals surface area contributed by atoms with E-state index in [4.69, 9.17) is 5.73 Å². The van der Waals surface area contributed by atoms with Crippen LogP contribution >= 0.6 is 0 Å². The maximum Gasteiger partial charge on any atom is 0.248 e. The monoisotopic (exact) mass is 251 g/mol. The Labute approximate surface area is 110 Å². The quantitative estimate of drug-likeness (QED) is 0.749. The van der Waals surface area contributed by atoms with Gasteiger partial charge in [0.25, 0.3) is 0 Å². The number of hydrogen-bond donors (Lipinski definition) is 2. The van der Waals surface area contributed by atoms with Gasteiger partial charge >= 0.3 is 0 Å². The lowest BCUT2D eigenvalue weighted by atomic mass is 10.1. The van der Waals surface area contributed by atoms with Crippen molar-refractivity contribution >= 4 is 16.9 Å². The molecule has 2 aromatic carbocycles. The molecule has 0 radical (unpaired) electrons. The first-order valence-electron chi connectivity index (χ1n) is 6.05. The number of hydrogen-bond acceptors (Lipinski definition) is 2. The third-order valence-corrected chi connectivity index (χ3v) is 3.03. The number of fused-ring (bicyclic) bond motifs is 1. The minimum Gasteiger partial charge on any atom is -0.366 e. The molecule has 1 amide bonds. The predicted molar refractivity (Wildman–Crippen MR) is 73.9 cm³/mol. The molecule has 4 heteroatoms. The molecule has 0 aliphatic heterocycles. The van der Waals surface area contributed by atoms with Crippen LogP contribution in [-0.2, 0) is 6.42 Å². The molecule has 3 aromatic rings. The van der Waals surface area contributed by atoms with Crippen molar-refractivity contribution in [1.29, 1.82) is 0 Å². The average molecular weight is 251 g/mol. The maximum atomic E-state index is 11.1. The number of nitrogens with zero attached hydrogens (tertiary/aromatic N) is 1. The molecule has 3 N–H and O–H groups in total. The highest BCUT2D eigenvalue weighted by atomic mass is 16.1. The molecule has 0 aliphatic rings. The van der Waals surface area contributed by atoms with Crippen molar-refractivity contribution in [3.63, 3.8) is 0 Å². The number of nitrogens with two attached hydrogens (primary N) is 1. The Bertz CT molecular complexity index is 731. The second-order valence-corrected chi connectivity index (χ2v) is 4.44. The van der Waals surface area contributed by atoms with E-state index in [1.54, 1.807) is 18.2 Å². The van der Waals surface area contributed by atoms with E-state index in [2.05, 4.69) is 22.1 Å². The summed E-state index contributed by atoms with van der Waals surface area (Å²) < 4.78 is 0. The number of H-pyrrole nitrogens is 1. The summed E-state index contributed by atoms with van der Waals surface area (Å²) in [6, 6.07) is 15.3. The highest BCUT2D eigenvalue weighted by Gasteiger charge is 2.06. The molecule has 0 unspecified atom stereocenters. The molecule has 0 aliphatic carbocycles. The fraction of sp³-hybridized carbons (Fsp3) is 0.0667. The Morgan fingerprint density at radius 3 is 2.68 bits per heavy atom. The molecule has 4 nitrogen and oxygen atoms in total. The molecule has 94 valence electrons. The van der Waals surface area contributed by atoms with Gasteiger partial charge in [-0.15, -0.1) is 0 Å². The van der Waals surface area contributed by atoms with Crippen molar-refractivity contribution in [2.45, 2.75) is 6.42 Å². The largest absolute Gasteiger partial charge is 0.366 e. The van der Waals surface area contributed by atoms with Crippen molar-refractivity contribution in [3.05, 3.63) is 65.5 Å². The third kappa shape index (κ3) is 2.33. The maximum absolute atomic E-state index is 11.1. The first-order chi connectivity index (χ1) is 9.22. The number of amides is 1. The van der Waals surface area contributed by atoms with E-state index in [0.29, 0.717) is 5.56 Å². The Morgan fingerprint density at radius 1 is 1.16 bits per heavy atom. The molecule has 19 heavy (non-hydrogen) atoms. The van der Waals surface area contributed by atoms with Crippen LogP contribution in [0, 0.1) is 0 Å². The van der Waals surface area contributed by atoms with Crippen LogP contribution in [0.4, 0.5) is 0 Å². The summed E-state index contributed by atoms with van der Waals surface area (Å²) in [5, 5.41) is 0. The standard InChI is InChI=1S/C15H13N3O/c16-15(19)11-6-7-12-13(9-11)18-14(17-12)8-10-4-2-1-3-5-10/h1-7,9H,8H2,(H2,16,19)(H,17,18). The van der Waals surface area contributed by atoms with Gasteiger partial charge in [-0.25, -0.2) is 4.98 Å². The van der Waals surface area contributed by atoms with E-state index in [9.17, 15) is 4.79 Å². The third-order valence-electron chi connectivity index (χ3n) is 3.03. The molecule has 1 aromatic heterocycles. The predicted octanol–water partition coefficient (Wildman–Crippen LogP) is 2.25. The summed E-state index contributed by atoms with van der Waals surface area (Å²) >= 11 is 0. The van der Waals surface area contributed by atoms with Gasteiger partial charge in [-0.1, -0.05) is 30.3 Å². The minimum atomic E-state index is -0.430. The van der Waals surface area contributed by atoms with Gasteiger partial charge < -0.3 is 10.7 Å². The van der Waals surface area contributed by atoms with E-state index in [-0.39, 0.29) is 0 Å². The SMILES string of the molecule is NC(=O)c1ccc2nc(Cc3ccccc3)[nH]c2c1. The molecular formula is C15H13N3O. The number of rotatable bonds is 3. The van der Waals surface area contributed by atoms with E-state index in [0.717, 1.165) is 23.3 Å². The molecule has 0 saturated heterocycles. The van der Waals surface area contributed by atoms with Crippen LogP contribution in [0.1, 0.15) is 21.7 Å². The van der Waals surface area contributed by atoms with Gasteiger partial charge in [0.05, 0.1) is 11.0 Å². The summed E-state index contributed by atoms with van der Waals surface area (Å²) in [7, 11) is 0. The first-order valence-corrected chi connectivity index (χ1v) is 6.05. The van der Waals surface area contributed by atoms with E-state index < -0.39 is 5.91 Å². The van der Waals surface area contributed by atoms with Gasteiger partial charge in [0.15, 0.2) is 0 Å². The first kappa shape index (κ1) is 11.5. The van der Waals surface area contributed by atoms with Crippen LogP contribution in [0.5, 0.6) is 0 Å². The van der Waals surface area contributed by atoms with Crippen LogP contribution in [-0.4, -0.2) is 15.9 Å². The topological polar surface area (TPSA) is 71.8 Å². The Morgan fingerprint density at radius 2 is 1.95 bits per heavy atom. The lowest BCUT2D eigenvalue weighted by Crippen LogP contribution is -2.10. The molecule has 0 bridgehead atoms. The highest BCUT2D eigenvalue weighted by molar-refractivity contribution is 5.96. The second-order valence-electron chi connectivity index (χ2n) is 4.44. The number of benzene rings is 2. The zero-order valence-electron chi connectivity index (χ0n) is 10.3. The summed E-state index contributed by atoms with van der Waals surface area (Å²) in [5.41, 5.74) is 8.62. The van der Waals surface area contributed by atoms with Gasteiger partial charge in [0.1, 0.15) is 5.82 Å². The number of aromatic amines is 1. The minimum absolute atomic E-state index is 0.430. The molecule has 0 fully saturated rings. The number of primary amides is 1. The molecule has 3 rings (SSSR count). The Kier molecular flexibility index (Phi) is 2.76. The van der Waals surface area contributed by atoms with Crippen molar-refractivity contribution in [1.82, 2.24) is 9.97 Å². The van der Waals surface area contributed by atoms with Crippen LogP contribution in [0.15, 0.2) is 48.5 Å². The average Bonchev–Trinajstić information content (AvgIpc) is 2.80. The lowest BCUT2D eigenvalue weighted by Gasteiger charge is -1.96. The van der Waals surface area contributed by atoms with E-state index in [1.807, 2.05) is 18.2 Å². The Balaban J connectivity index is 1.95. The lowest BCUT2D eigenvalue weighted by molar-refractivity contribution is 0.100. The fourth-order valence-electron chi connectivity index (χ4n) is 2.09. The summed E-state index contributed by atoms with van der Waals surface area (Å²) in [5.74, 6) is 0.448. The molecule has 0 saturated carbocycles. The number of aromatic nitrogens is 2. The van der Waals surface area contributed by atoms with Crippen molar-refractivity contribution in [3.8, 4) is 0 Å². The van der Waals surface area contributed by atoms with Gasteiger partial charge in [0.2, 0.25) is 5.91 Å². The highest BCUT2D eigenvalue weighted by Crippen LogP contribution is 2.15. The van der Waals surface area contributed by atoms with Crippen LogP contribution in [0.2, 0.25) is 0 Å². The van der Waals surface area contributed by atoms with Crippen LogP contribution < -0.4 is 5.73 Å². The second kappa shape index (κ2) is 4.57. The van der Waals surface area contributed by atoms with Crippen LogP contribution in [0.25, 0.3) is 11.0 Å². The molecule has 0 spiro atoms. The van der Waals surface area contributed by atoms with Gasteiger partial charge in [0, 0.05) is 12.0 Å². The van der Waals surface area contributed by atoms with Crippen molar-refractivity contribution in [2.75, 3.05) is 0 Å². The van der Waals surface area contributed by atoms with Crippen LogP contribution in [0.3, 0.4) is 0 Å². The zero-order valence-corrected chi connectivity index (χ0v) is 10.3. The number of nitrogens with one attached hydrogen (secondary N) is 1. The fourth-order valence-corrected chi connectivity index (χ4v) is 2.09. The van der Waals surface area contributed by atoms with E-state index in [1.165, 1.54) is 5.56 Å². The molecule has 1 heterocycles. The normalized spacial score (nSPS) is 10.7. The molecule has 0 atom stereocenters. The molecular weight excluding hydrogens is 238 g/mol. The Hall–Kier alpha value is -2.62. The van der Waals surface area contributed by atoms with Gasteiger partial charge in [-0.3, -0.25) is 4.79 Å². The summed E-state index contributed by atoms with van der Waals surface area (Å²) in [6.45, 7) is 0. The van der Waals surface area contributed by atoms with Crippen molar-refractivity contribution < 1.29 is 4.79 Å². The summed E-state index contributed by atoms with van der Waals surface area (Å²) in [4.78, 5) is 18.9. The van der Waals surface area contributed by atoms with E-state index >= 15 is 0 Å². The number of imidazole rings is 1. The van der Waals surface area contributed by atoms with Gasteiger partial charge in [-0.2, -0.15) is 0 Å². The van der Waals surface area contributed by atoms with Crippen molar-refractivity contribution in [2.24, 2.45) is 5.73 Å². The summed E-state index contributed by atoms with van der Waals surface area (Å²) in [6.07, 6.45) is 0.738. The number of carbonyl (C=O) groups excluding carboxylic acids is 1. The van der Waals surface area contributed by atoms with Gasteiger partial charge in [-0.05, 0) is 23.8 Å². The number of carbonyl (C=O) groups is 1. The smallest absolute Gasteiger partial charge is 0.248 e. The zero-order chi connectivity index (χ0) is 13.2.